The highest BCUT2D eigenvalue weighted by atomic mass is 32.2. The van der Waals surface area contributed by atoms with Gasteiger partial charge in [-0.05, 0) is 18.8 Å². The number of sulfonamides is 1. The Labute approximate surface area is 118 Å². The van der Waals surface area contributed by atoms with Gasteiger partial charge in [-0.2, -0.15) is 13.2 Å². The number of ether oxygens (including phenoxy) is 1. The van der Waals surface area contributed by atoms with Crippen LogP contribution in [0.3, 0.4) is 0 Å². The van der Waals surface area contributed by atoms with E-state index in [2.05, 4.69) is 0 Å². The fourth-order valence-corrected chi connectivity index (χ4v) is 4.47. The molecule has 1 aliphatic rings. The zero-order valence-electron chi connectivity index (χ0n) is 12.2. The maximum atomic E-state index is 12.9. The van der Waals surface area contributed by atoms with E-state index < -0.39 is 33.6 Å². The molecular formula is C12H22F3NO3S. The fourth-order valence-electron chi connectivity index (χ4n) is 2.62. The van der Waals surface area contributed by atoms with E-state index in [-0.39, 0.29) is 25.3 Å². The second-order valence-corrected chi connectivity index (χ2v) is 8.04. The number of methoxy groups -OCH3 is 1. The summed E-state index contributed by atoms with van der Waals surface area (Å²) < 4.78 is 69.2. The summed E-state index contributed by atoms with van der Waals surface area (Å²) in [6, 6.07) is 0. The molecule has 0 saturated carbocycles. The molecule has 0 aliphatic carbocycles. The molecule has 0 unspecified atom stereocenters. The first-order valence-electron chi connectivity index (χ1n) is 6.47. The predicted molar refractivity (Wildman–Crippen MR) is 69.8 cm³/mol. The highest BCUT2D eigenvalue weighted by molar-refractivity contribution is 7.89. The number of piperidine rings is 1. The van der Waals surface area contributed by atoms with Crippen LogP contribution in [-0.2, 0) is 14.8 Å². The Balaban J connectivity index is 2.85. The lowest BCUT2D eigenvalue weighted by molar-refractivity contribution is -0.213. The van der Waals surface area contributed by atoms with Crippen molar-refractivity contribution in [3.05, 3.63) is 0 Å². The molecule has 0 bridgehead atoms. The van der Waals surface area contributed by atoms with Crippen molar-refractivity contribution in [2.75, 3.05) is 26.0 Å². The molecule has 0 aromatic carbocycles. The van der Waals surface area contributed by atoms with E-state index >= 15 is 0 Å². The molecule has 0 radical (unpaired) electrons. The first kappa shape index (κ1) is 17.7. The smallest absolute Gasteiger partial charge is 0.381 e. The van der Waals surface area contributed by atoms with Crippen LogP contribution < -0.4 is 0 Å². The number of hydrogen-bond donors (Lipinski definition) is 0. The van der Waals surface area contributed by atoms with E-state index in [1.165, 1.54) is 21.0 Å². The van der Waals surface area contributed by atoms with Gasteiger partial charge in [-0.25, -0.2) is 12.7 Å². The Morgan fingerprint density at radius 2 is 1.95 bits per heavy atom. The van der Waals surface area contributed by atoms with E-state index in [0.29, 0.717) is 0 Å². The van der Waals surface area contributed by atoms with E-state index in [1.54, 1.807) is 6.92 Å². The van der Waals surface area contributed by atoms with Crippen molar-refractivity contribution in [1.82, 2.24) is 4.31 Å². The molecular weight excluding hydrogens is 295 g/mol. The Hall–Kier alpha value is -0.340. The first-order chi connectivity index (χ1) is 8.90. The van der Waals surface area contributed by atoms with Gasteiger partial charge in [-0.15, -0.1) is 0 Å². The molecule has 20 heavy (non-hydrogen) atoms. The molecule has 1 rings (SSSR count). The van der Waals surface area contributed by atoms with Crippen LogP contribution in [0.25, 0.3) is 0 Å². The Morgan fingerprint density at radius 1 is 1.40 bits per heavy atom. The third kappa shape index (κ3) is 4.08. The lowest BCUT2D eigenvalue weighted by Crippen LogP contribution is -2.53. The van der Waals surface area contributed by atoms with E-state index in [4.69, 9.17) is 4.74 Å². The first-order valence-corrected chi connectivity index (χ1v) is 8.08. The number of nitrogens with zero attached hydrogens (tertiary/aromatic N) is 1. The summed E-state index contributed by atoms with van der Waals surface area (Å²) in [6.45, 7) is 4.34. The van der Waals surface area contributed by atoms with Crippen LogP contribution in [0.4, 0.5) is 13.2 Å². The van der Waals surface area contributed by atoms with Gasteiger partial charge in [0, 0.05) is 20.2 Å². The molecule has 0 N–H and O–H groups in total. The lowest BCUT2D eigenvalue weighted by atomic mass is 9.74. The Kier molecular flexibility index (Phi) is 5.14. The van der Waals surface area contributed by atoms with Crippen molar-refractivity contribution in [3.8, 4) is 0 Å². The molecule has 1 aliphatic heterocycles. The number of hydrogen-bond acceptors (Lipinski definition) is 3. The van der Waals surface area contributed by atoms with Gasteiger partial charge >= 0.3 is 6.18 Å². The van der Waals surface area contributed by atoms with Gasteiger partial charge in [0.05, 0.1) is 17.8 Å². The van der Waals surface area contributed by atoms with E-state index in [0.717, 1.165) is 4.31 Å². The topological polar surface area (TPSA) is 46.6 Å². The number of rotatable bonds is 4. The summed E-state index contributed by atoms with van der Waals surface area (Å²) in [5, 5.41) is 0. The van der Waals surface area contributed by atoms with Gasteiger partial charge in [0.15, 0.2) is 0 Å². The van der Waals surface area contributed by atoms with Crippen molar-refractivity contribution in [3.63, 3.8) is 0 Å². The number of halogens is 3. The van der Waals surface area contributed by atoms with Crippen LogP contribution in [0.5, 0.6) is 0 Å². The maximum absolute atomic E-state index is 12.9. The van der Waals surface area contributed by atoms with Crippen molar-refractivity contribution in [2.24, 2.45) is 11.3 Å². The van der Waals surface area contributed by atoms with Crippen LogP contribution in [-0.4, -0.2) is 51.0 Å². The standard InChI is InChI=1S/C12H22F3NO3S/c1-9(19-4)7-20(17,18)16-6-5-10(12(13,14)15)11(2,3)8-16/h9-10H,5-8H2,1-4H3/t9-,10+/m1/s1. The summed E-state index contributed by atoms with van der Waals surface area (Å²) in [4.78, 5) is 0. The summed E-state index contributed by atoms with van der Waals surface area (Å²) in [5.41, 5.74) is -1.13. The average molecular weight is 317 g/mol. The van der Waals surface area contributed by atoms with Gasteiger partial charge in [-0.1, -0.05) is 13.8 Å². The SMILES string of the molecule is CO[C@H](C)CS(=O)(=O)N1CC[C@H](C(F)(F)F)C(C)(C)C1. The Bertz CT molecular complexity index is 434. The van der Waals surface area contributed by atoms with Gasteiger partial charge in [0.2, 0.25) is 10.0 Å². The zero-order valence-corrected chi connectivity index (χ0v) is 13.0. The summed E-state index contributed by atoms with van der Waals surface area (Å²) in [6.07, 6.45) is -4.97. The third-order valence-electron chi connectivity index (χ3n) is 3.83. The third-order valence-corrected chi connectivity index (χ3v) is 5.82. The zero-order chi connectivity index (χ0) is 15.8. The van der Waals surface area contributed by atoms with E-state index in [1.807, 2.05) is 0 Å². The van der Waals surface area contributed by atoms with Crippen LogP contribution in [0.2, 0.25) is 0 Å². The molecule has 0 spiro atoms. The maximum Gasteiger partial charge on any atom is 0.392 e. The summed E-state index contributed by atoms with van der Waals surface area (Å²) in [7, 11) is -2.19. The Morgan fingerprint density at radius 3 is 2.35 bits per heavy atom. The van der Waals surface area contributed by atoms with Crippen LogP contribution >= 0.6 is 0 Å². The van der Waals surface area contributed by atoms with Gasteiger partial charge in [-0.3, -0.25) is 0 Å². The van der Waals surface area contributed by atoms with Crippen LogP contribution in [0.15, 0.2) is 0 Å². The normalized spacial score (nSPS) is 26.4. The highest BCUT2D eigenvalue weighted by Gasteiger charge is 2.52. The molecule has 4 nitrogen and oxygen atoms in total. The van der Waals surface area contributed by atoms with Crippen molar-refractivity contribution in [2.45, 2.75) is 39.5 Å². The van der Waals surface area contributed by atoms with Crippen molar-refractivity contribution in [1.29, 1.82) is 0 Å². The molecule has 0 amide bonds. The molecule has 8 heteroatoms. The minimum absolute atomic E-state index is 0.0909. The van der Waals surface area contributed by atoms with Gasteiger partial charge in [0.1, 0.15) is 0 Å². The van der Waals surface area contributed by atoms with E-state index in [9.17, 15) is 21.6 Å². The largest absolute Gasteiger partial charge is 0.392 e. The molecule has 2 atom stereocenters. The molecule has 1 heterocycles. The molecule has 0 aromatic heterocycles. The second kappa shape index (κ2) is 5.81. The van der Waals surface area contributed by atoms with Crippen LogP contribution in [0, 0.1) is 11.3 Å². The minimum Gasteiger partial charge on any atom is -0.381 e. The predicted octanol–water partition coefficient (Wildman–Crippen LogP) is 2.26. The second-order valence-electron chi connectivity index (χ2n) is 6.03. The number of alkyl halides is 3. The van der Waals surface area contributed by atoms with Gasteiger partial charge in [0.25, 0.3) is 0 Å². The monoisotopic (exact) mass is 317 g/mol. The van der Waals surface area contributed by atoms with Crippen molar-refractivity contribution >= 4 is 10.0 Å². The van der Waals surface area contributed by atoms with Gasteiger partial charge < -0.3 is 4.74 Å². The minimum atomic E-state index is -4.29. The summed E-state index contributed by atoms with van der Waals surface area (Å²) in [5.74, 6) is -1.68. The fraction of sp³-hybridized carbons (Fsp3) is 1.00. The lowest BCUT2D eigenvalue weighted by Gasteiger charge is -2.44. The highest BCUT2D eigenvalue weighted by Crippen LogP contribution is 2.45. The molecule has 1 saturated heterocycles. The average Bonchev–Trinajstić information content (AvgIpc) is 2.24. The molecule has 120 valence electrons. The van der Waals surface area contributed by atoms with Crippen LogP contribution in [0.1, 0.15) is 27.2 Å². The molecule has 1 fully saturated rings. The summed E-state index contributed by atoms with van der Waals surface area (Å²) >= 11 is 0. The quantitative estimate of drug-likeness (QED) is 0.799. The molecule has 0 aromatic rings. The van der Waals surface area contributed by atoms with Crippen molar-refractivity contribution < 1.29 is 26.3 Å².